The van der Waals surface area contributed by atoms with Crippen molar-refractivity contribution in [2.45, 2.75) is 50.1 Å². The molecule has 12 rings (SSSR count). The van der Waals surface area contributed by atoms with Gasteiger partial charge in [-0.1, -0.05) is 152 Å². The first-order valence-corrected chi connectivity index (χ1v) is 21.8. The van der Waals surface area contributed by atoms with Crippen LogP contribution in [-0.4, -0.2) is 20.7 Å². The second-order valence-electron chi connectivity index (χ2n) is 16.6. The van der Waals surface area contributed by atoms with Crippen LogP contribution < -0.4 is 10.1 Å². The molecule has 298 valence electrons. The highest BCUT2D eigenvalue weighted by Crippen LogP contribution is 2.62. The highest BCUT2D eigenvalue weighted by molar-refractivity contribution is 6.10. The van der Waals surface area contributed by atoms with Crippen molar-refractivity contribution in [2.75, 3.05) is 0 Å². The summed E-state index contributed by atoms with van der Waals surface area (Å²) >= 11 is 0. The van der Waals surface area contributed by atoms with E-state index in [4.69, 9.17) is 24.7 Å². The van der Waals surface area contributed by atoms with Gasteiger partial charge in [0.05, 0.1) is 11.1 Å². The number of hydrogen-bond acceptors (Lipinski definition) is 6. The minimum atomic E-state index is -0.666. The molecule has 6 aromatic rings. The summed E-state index contributed by atoms with van der Waals surface area (Å²) in [6.07, 6.45) is 25.5. The summed E-state index contributed by atoms with van der Waals surface area (Å²) in [6.45, 7) is 0. The van der Waals surface area contributed by atoms with Gasteiger partial charge in [0.2, 0.25) is 0 Å². The summed E-state index contributed by atoms with van der Waals surface area (Å²) in [5, 5.41) is 3.87. The molecule has 4 aliphatic carbocycles. The number of allylic oxidation sites excluding steroid dienone is 12. The molecule has 1 aromatic heterocycles. The fraction of sp³-hybridized carbons (Fsp3) is 0.143. The maximum Gasteiger partial charge on any atom is 0.164 e. The van der Waals surface area contributed by atoms with E-state index in [9.17, 15) is 0 Å². The van der Waals surface area contributed by atoms with Gasteiger partial charge in [-0.15, -0.1) is 0 Å². The summed E-state index contributed by atoms with van der Waals surface area (Å²) in [5.41, 5.74) is 15.0. The number of aliphatic imine (C=N–C) groups is 1. The van der Waals surface area contributed by atoms with Gasteiger partial charge < -0.3 is 10.1 Å². The predicted molar refractivity (Wildman–Crippen MR) is 248 cm³/mol. The monoisotopic (exact) mass is 801 g/mol. The topological polar surface area (TPSA) is 72.3 Å². The molecule has 0 amide bonds. The molecule has 2 aliphatic heterocycles. The van der Waals surface area contributed by atoms with Crippen molar-refractivity contribution >= 4 is 11.3 Å². The Morgan fingerprint density at radius 2 is 1.32 bits per heavy atom. The van der Waals surface area contributed by atoms with E-state index in [2.05, 4.69) is 163 Å². The molecule has 6 aliphatic rings. The van der Waals surface area contributed by atoms with Crippen molar-refractivity contribution < 1.29 is 4.74 Å². The van der Waals surface area contributed by atoms with Crippen molar-refractivity contribution in [3.8, 4) is 39.7 Å². The lowest BCUT2D eigenvalue weighted by Crippen LogP contribution is -2.35. The Labute approximate surface area is 361 Å². The molecular formula is C56H43N5O. The average molecular weight is 802 g/mol. The summed E-state index contributed by atoms with van der Waals surface area (Å²) in [4.78, 5) is 20.9. The minimum Gasteiger partial charge on any atom is -0.461 e. The Kier molecular flexibility index (Phi) is 8.77. The molecule has 6 heteroatoms. The van der Waals surface area contributed by atoms with Crippen molar-refractivity contribution in [1.82, 2.24) is 20.3 Å². The van der Waals surface area contributed by atoms with Gasteiger partial charge in [0.1, 0.15) is 17.7 Å². The van der Waals surface area contributed by atoms with Crippen LogP contribution in [0.4, 0.5) is 0 Å². The molecule has 5 aromatic carbocycles. The van der Waals surface area contributed by atoms with Crippen LogP contribution in [-0.2, 0) is 5.41 Å². The van der Waals surface area contributed by atoms with E-state index in [1.807, 2.05) is 18.2 Å². The number of rotatable bonds is 6. The van der Waals surface area contributed by atoms with E-state index >= 15 is 0 Å². The van der Waals surface area contributed by atoms with Crippen LogP contribution in [0.5, 0.6) is 5.75 Å². The van der Waals surface area contributed by atoms with E-state index in [0.29, 0.717) is 11.6 Å². The quantitative estimate of drug-likeness (QED) is 0.182. The fourth-order valence-electron chi connectivity index (χ4n) is 10.1. The van der Waals surface area contributed by atoms with Gasteiger partial charge in [-0.3, -0.25) is 4.99 Å². The first-order chi connectivity index (χ1) is 30.7. The molecule has 0 saturated carbocycles. The second-order valence-corrected chi connectivity index (χ2v) is 16.6. The third-order valence-electron chi connectivity index (χ3n) is 13.0. The Morgan fingerprint density at radius 1 is 0.597 bits per heavy atom. The normalized spacial score (nSPS) is 20.5. The van der Waals surface area contributed by atoms with Gasteiger partial charge in [-0.2, -0.15) is 0 Å². The summed E-state index contributed by atoms with van der Waals surface area (Å²) in [5.74, 6) is 3.97. The Hall–Kier alpha value is -7.44. The van der Waals surface area contributed by atoms with Crippen LogP contribution >= 0.6 is 0 Å². The zero-order valence-electron chi connectivity index (χ0n) is 34.3. The predicted octanol–water partition coefficient (Wildman–Crippen LogP) is 12.5. The van der Waals surface area contributed by atoms with E-state index in [1.165, 1.54) is 33.4 Å². The molecule has 2 unspecified atom stereocenters. The summed E-state index contributed by atoms with van der Waals surface area (Å²) in [7, 11) is 0. The van der Waals surface area contributed by atoms with Gasteiger partial charge in [-0.25, -0.2) is 15.0 Å². The van der Waals surface area contributed by atoms with Crippen molar-refractivity contribution in [3.63, 3.8) is 0 Å². The number of aromatic nitrogens is 3. The number of benzene rings is 5. The smallest absolute Gasteiger partial charge is 0.164 e. The minimum absolute atomic E-state index is 0.308. The van der Waals surface area contributed by atoms with Gasteiger partial charge >= 0.3 is 0 Å². The highest BCUT2D eigenvalue weighted by atomic mass is 16.5. The zero-order valence-corrected chi connectivity index (χ0v) is 34.3. The molecule has 62 heavy (non-hydrogen) atoms. The summed E-state index contributed by atoms with van der Waals surface area (Å²) < 4.78 is 6.84. The standard InChI is InChI=1S/C56H43N5O/c1-5-17-36(18-6-1)48-35-49(37-19-7-2-8-20-37)58-54(57-48)40-29-31-42-43-32-30-41(55-60-52(38-21-9-3-10-22-38)59-53(61-55)39-23-11-4-12-24-39)34-47(43)56(46(42)33-40)44-25-13-15-27-50(44)62-51-28-16-14-26-45(51)56/h1,3-7,9-11,13-15,17-23,25-27,29-35,54,58H,2,8,12,16,24,28H2. The molecule has 0 bridgehead atoms. The fourth-order valence-corrected chi connectivity index (χ4v) is 10.1. The lowest BCUT2D eigenvalue weighted by molar-refractivity contribution is 0.364. The van der Waals surface area contributed by atoms with Crippen LogP contribution in [0.15, 0.2) is 204 Å². The van der Waals surface area contributed by atoms with Gasteiger partial charge in [0.25, 0.3) is 0 Å². The van der Waals surface area contributed by atoms with Gasteiger partial charge in [-0.05, 0) is 101 Å². The van der Waals surface area contributed by atoms with E-state index in [0.717, 1.165) is 101 Å². The molecule has 0 fully saturated rings. The molecular weight excluding hydrogens is 759 g/mol. The number of nitrogens with zero attached hydrogens (tertiary/aromatic N) is 4. The lowest BCUT2D eigenvalue weighted by atomic mass is 9.64. The maximum absolute atomic E-state index is 6.84. The molecule has 1 spiro atoms. The zero-order chi connectivity index (χ0) is 41.0. The molecule has 6 nitrogen and oxygen atoms in total. The summed E-state index contributed by atoms with van der Waals surface area (Å²) in [6, 6.07) is 43.2. The van der Waals surface area contributed by atoms with Gasteiger partial charge in [0, 0.05) is 34.4 Å². The van der Waals surface area contributed by atoms with Crippen LogP contribution in [0.25, 0.3) is 39.5 Å². The molecule has 0 radical (unpaired) electrons. The Balaban J connectivity index is 1.06. The van der Waals surface area contributed by atoms with Crippen LogP contribution in [0.3, 0.4) is 0 Å². The number of para-hydroxylation sites is 1. The molecule has 2 atom stereocenters. The van der Waals surface area contributed by atoms with Crippen LogP contribution in [0.1, 0.15) is 78.3 Å². The maximum atomic E-state index is 6.84. The average Bonchev–Trinajstić information content (AvgIpc) is 3.64. The molecule has 3 heterocycles. The second kappa shape index (κ2) is 14.9. The third-order valence-corrected chi connectivity index (χ3v) is 13.0. The van der Waals surface area contributed by atoms with E-state index in [1.54, 1.807) is 0 Å². The Bertz CT molecular complexity index is 3070. The molecule has 0 saturated heterocycles. The number of fused-ring (bicyclic) bond motifs is 8. The number of hydrogen-bond donors (Lipinski definition) is 1. The van der Waals surface area contributed by atoms with Crippen LogP contribution in [0.2, 0.25) is 0 Å². The Morgan fingerprint density at radius 3 is 2.13 bits per heavy atom. The lowest BCUT2D eigenvalue weighted by Gasteiger charge is -2.41. The third kappa shape index (κ3) is 6.00. The van der Waals surface area contributed by atoms with E-state index in [-0.39, 0.29) is 6.17 Å². The number of ether oxygens (including phenoxy) is 1. The van der Waals surface area contributed by atoms with Gasteiger partial charge in [0.15, 0.2) is 17.5 Å². The number of nitrogens with one attached hydrogen (secondary N) is 1. The largest absolute Gasteiger partial charge is 0.461 e. The van der Waals surface area contributed by atoms with Crippen LogP contribution in [0, 0.1) is 0 Å². The van der Waals surface area contributed by atoms with Crippen molar-refractivity contribution in [1.29, 1.82) is 0 Å². The van der Waals surface area contributed by atoms with Crippen molar-refractivity contribution in [2.24, 2.45) is 4.99 Å². The molecule has 1 N–H and O–H groups in total. The first-order valence-electron chi connectivity index (χ1n) is 21.8. The highest BCUT2D eigenvalue weighted by Gasteiger charge is 2.52. The SMILES string of the molecule is C1=CCCC(c2nc(-c3ccccc3)nc(-c3ccc4c(c3)C3(C5=C(CCC=C5)Oc5ccccc53)c3cc(C5N=C(c6ccccc6)C=C(C6=CCCC=C6)N5)ccc3-4)n2)=C1. The van der Waals surface area contributed by atoms with E-state index < -0.39 is 5.41 Å². The first kappa shape index (κ1) is 36.4. The van der Waals surface area contributed by atoms with Crippen molar-refractivity contribution in [3.05, 3.63) is 232 Å².